The zero-order valence-corrected chi connectivity index (χ0v) is 49.4. The van der Waals surface area contributed by atoms with Gasteiger partial charge in [-0.25, -0.2) is 24.0 Å². The fourth-order valence-corrected chi connectivity index (χ4v) is 6.73. The van der Waals surface area contributed by atoms with Crippen molar-refractivity contribution in [3.63, 3.8) is 0 Å². The Bertz CT molecular complexity index is 2910. The predicted octanol–water partition coefficient (Wildman–Crippen LogP) is 7.87. The lowest BCUT2D eigenvalue weighted by molar-refractivity contribution is -0.150. The van der Waals surface area contributed by atoms with Crippen molar-refractivity contribution in [3.05, 3.63) is 149 Å². The van der Waals surface area contributed by atoms with E-state index in [1.807, 2.05) is 0 Å². The normalized spacial score (nSPS) is 13.3. The third-order valence-corrected chi connectivity index (χ3v) is 11.0. The van der Waals surface area contributed by atoms with E-state index in [4.69, 9.17) is 31.9 Å². The van der Waals surface area contributed by atoms with Gasteiger partial charge in [0.2, 0.25) is 17.1 Å². The summed E-state index contributed by atoms with van der Waals surface area (Å²) < 4.78 is 14.6. The number of alkyl carbamates (subject to hydrolysis) is 2. The van der Waals surface area contributed by atoms with Crippen LogP contribution in [0.15, 0.2) is 132 Å². The number of nitrogens with two attached hydrogens (primary N) is 1. The first-order valence-corrected chi connectivity index (χ1v) is 25.9. The number of allylic oxidation sites excluding steroid dienone is 1. The first kappa shape index (κ1) is 70.7. The Morgan fingerprint density at radius 1 is 0.642 bits per heavy atom. The van der Waals surface area contributed by atoms with Gasteiger partial charge in [0.1, 0.15) is 27.8 Å². The van der Waals surface area contributed by atoms with Crippen molar-refractivity contribution in [1.29, 1.82) is 0 Å². The van der Waals surface area contributed by atoms with Crippen LogP contribution in [0, 0.1) is 0 Å². The number of hydrogen-bond donors (Lipinski definition) is 6. The number of aliphatic carboxylic acids is 1. The maximum atomic E-state index is 12.0. The summed E-state index contributed by atoms with van der Waals surface area (Å²) in [7, 11) is 0. The van der Waals surface area contributed by atoms with E-state index in [0.29, 0.717) is 23.5 Å². The Kier molecular flexibility index (Phi) is 29.6. The molecular weight excluding hydrogens is 1210 g/mol. The number of ether oxygens (including phenoxy) is 3. The van der Waals surface area contributed by atoms with Crippen molar-refractivity contribution in [2.45, 2.75) is 104 Å². The highest BCUT2D eigenvalue weighted by molar-refractivity contribution is 9.12. The number of carboxylic acid groups (broad SMARTS) is 1. The van der Waals surface area contributed by atoms with Crippen LogP contribution in [0.2, 0.25) is 0 Å². The number of benzene rings is 3. The van der Waals surface area contributed by atoms with E-state index in [9.17, 15) is 57.5 Å². The molecule has 2 heterocycles. The highest BCUT2D eigenvalue weighted by Crippen LogP contribution is 2.24. The average molecular weight is 1270 g/mol. The summed E-state index contributed by atoms with van der Waals surface area (Å²) in [6.07, 6.45) is 4.96. The molecule has 22 nitrogen and oxygen atoms in total. The molecule has 0 unspecified atom stereocenters. The van der Waals surface area contributed by atoms with Crippen molar-refractivity contribution in [1.82, 2.24) is 15.5 Å². The number of ketones is 2. The van der Waals surface area contributed by atoms with Gasteiger partial charge in [-0.15, -0.1) is 0 Å². The fourth-order valence-electron chi connectivity index (χ4n) is 6.08. The molecule has 6 amide bonds. The minimum Gasteiger partial charge on any atom is -0.480 e. The van der Waals surface area contributed by atoms with Crippen LogP contribution in [0.3, 0.4) is 0 Å². The van der Waals surface area contributed by atoms with Gasteiger partial charge >= 0.3 is 30.1 Å². The van der Waals surface area contributed by atoms with Crippen molar-refractivity contribution in [2.24, 2.45) is 0 Å². The van der Waals surface area contributed by atoms with Gasteiger partial charge < -0.3 is 46.3 Å². The van der Waals surface area contributed by atoms with Crippen LogP contribution in [0.5, 0.6) is 0 Å². The molecule has 0 bridgehead atoms. The van der Waals surface area contributed by atoms with E-state index in [1.165, 1.54) is 19.9 Å². The summed E-state index contributed by atoms with van der Waals surface area (Å²) >= 11 is 10.5. The Balaban J connectivity index is 0.000000547. The Morgan fingerprint density at radius 3 is 1.33 bits per heavy atom. The smallest absolute Gasteiger partial charge is 0.408 e. The molecule has 0 spiro atoms. The maximum Gasteiger partial charge on any atom is 0.408 e. The summed E-state index contributed by atoms with van der Waals surface area (Å²) in [5.41, 5.74) is 8.45. The number of esters is 2. The quantitative estimate of drug-likeness (QED) is 0.0142. The molecule has 0 saturated heterocycles. The highest BCUT2D eigenvalue weighted by atomic mass is 79.9. The molecule has 0 radical (unpaired) electrons. The van der Waals surface area contributed by atoms with Crippen molar-refractivity contribution >= 4 is 131 Å². The number of amides is 6. The zero-order chi connectivity index (χ0) is 61.9. The monoisotopic (exact) mass is 1270 g/mol. The second-order valence-electron chi connectivity index (χ2n) is 18.8. The molecule has 81 heavy (non-hydrogen) atoms. The number of nitrogens with zero attached hydrogens (tertiary/aromatic N) is 1. The van der Waals surface area contributed by atoms with E-state index in [1.54, 1.807) is 114 Å². The van der Waals surface area contributed by atoms with Gasteiger partial charge in [0.15, 0.2) is 11.6 Å². The van der Waals surface area contributed by atoms with Crippen molar-refractivity contribution < 1.29 is 76.9 Å². The lowest BCUT2D eigenvalue weighted by Crippen LogP contribution is -2.45. The number of rotatable bonds is 17. The second kappa shape index (κ2) is 33.9. The summed E-state index contributed by atoms with van der Waals surface area (Å²) in [5, 5.41) is 18.8. The van der Waals surface area contributed by atoms with Crippen molar-refractivity contribution in [3.8, 4) is 0 Å². The van der Waals surface area contributed by atoms with Gasteiger partial charge in [0.05, 0.1) is 10.5 Å². The molecule has 0 fully saturated rings. The summed E-state index contributed by atoms with van der Waals surface area (Å²) in [6.45, 7) is 23.0. The van der Waals surface area contributed by atoms with Crippen molar-refractivity contribution in [2.75, 3.05) is 16.4 Å². The number of hydrogen-bond acceptors (Lipinski definition) is 16. The Labute approximate surface area is 489 Å². The Hall–Kier alpha value is -8.35. The molecule has 2 aliphatic rings. The average Bonchev–Trinajstić information content (AvgIpc) is 3.80. The number of halogens is 3. The van der Waals surface area contributed by atoms with Gasteiger partial charge in [-0.3, -0.25) is 38.5 Å². The maximum absolute atomic E-state index is 12.0. The minimum absolute atomic E-state index is 0.140. The minimum atomic E-state index is -1.12. The molecule has 0 aromatic heterocycles. The first-order chi connectivity index (χ1) is 37.6. The molecule has 7 N–H and O–H groups in total. The zero-order valence-electron chi connectivity index (χ0n) is 45.5. The number of cyclic esters (lactones) is 2. The standard InChI is InChI=1S/C18H24N2O4.C17H15BrN2O4.C14H20N2O4.C4HBrO3.C3H3ClO/c1-6-16(22)19-14-9-7-13(8-10-14)11-15(12(2)21)20-17(23)24-18(3,4)5;1-3-15(22)19-12-6-4-11(5-7-12)8-14(10(2)21)20-16(23)9-13(18)17(20)24;1-14(2,3)20-13(19)16-11(12(17)18)8-9-4-6-10(15)7-5-9;5-2-1-3(6)8-4(2)7;1-2-3(4)5/h6-10,15H,1,11H2,2-5H3,(H,19,22)(H,20,23);3-7,9,14H,1,8H2,2H3,(H,19,22);4-7,11H,8,15H2,1-3H3,(H,16,19)(H,17,18);1H;2H,1H2/t15-;14-;11-;;/m000../s1. The number of carboxylic acids is 1. The topological polar surface area (TPSA) is 330 Å². The lowest BCUT2D eigenvalue weighted by atomic mass is 10.0. The lowest BCUT2D eigenvalue weighted by Gasteiger charge is -2.24. The van der Waals surface area contributed by atoms with Gasteiger partial charge in [-0.2, -0.15) is 0 Å². The number of nitrogen functional groups attached to an aromatic ring is 1. The number of carbonyl (C=O) groups excluding carboxylic acids is 11. The molecule has 3 atom stereocenters. The van der Waals surface area contributed by atoms with Crippen LogP contribution in [0.1, 0.15) is 72.1 Å². The van der Waals surface area contributed by atoms with Crippen LogP contribution < -0.4 is 27.0 Å². The molecule has 3 aromatic rings. The first-order valence-electron chi connectivity index (χ1n) is 23.9. The van der Waals surface area contributed by atoms with Crippen LogP contribution >= 0.6 is 43.5 Å². The number of Topliss-reactive ketones (excluding diaryl/α,β-unsaturated/α-hetero) is 2. The number of imide groups is 1. The third-order valence-electron chi connectivity index (χ3n) is 9.76. The predicted molar refractivity (Wildman–Crippen MR) is 310 cm³/mol. The molecule has 5 rings (SSSR count). The van der Waals surface area contributed by atoms with Gasteiger partial charge in [0.25, 0.3) is 11.8 Å². The van der Waals surface area contributed by atoms with Crippen LogP contribution in [-0.2, 0) is 81.4 Å². The third kappa shape index (κ3) is 28.9. The van der Waals surface area contributed by atoms with Crippen LogP contribution in [0.4, 0.5) is 26.7 Å². The van der Waals surface area contributed by atoms with Gasteiger partial charge in [-0.05, 0) is 177 Å². The van der Waals surface area contributed by atoms with E-state index < -0.39 is 76.5 Å². The van der Waals surface area contributed by atoms with E-state index in [2.05, 4.69) is 77.6 Å². The largest absolute Gasteiger partial charge is 0.480 e. The van der Waals surface area contributed by atoms with Gasteiger partial charge in [-0.1, -0.05) is 56.1 Å². The SMILES string of the molecule is C=CC(=O)Cl.C=CC(=O)Nc1ccc(C[C@@H](C(C)=O)N2C(=O)C=C(Br)C2=O)cc1.C=CC(=O)Nc1ccc(C[C@H](NC(=O)OC(C)(C)C)C(C)=O)cc1.CC(C)(C)OC(=O)N[C@@H](Cc1ccc(N)cc1)C(=O)O.O=C1C=C(Br)C(=O)O1. The number of nitrogens with one attached hydrogen (secondary N) is 4. The summed E-state index contributed by atoms with van der Waals surface area (Å²) in [4.78, 5) is 136. The molecule has 434 valence electrons. The van der Waals surface area contributed by atoms with E-state index >= 15 is 0 Å². The van der Waals surface area contributed by atoms with Gasteiger partial charge in [0, 0.05) is 42.1 Å². The van der Waals surface area contributed by atoms with E-state index in [-0.39, 0.29) is 45.2 Å². The highest BCUT2D eigenvalue weighted by Gasteiger charge is 2.38. The molecular formula is C56H63Br2ClN6O16. The molecule has 3 aromatic carbocycles. The van der Waals surface area contributed by atoms with Crippen LogP contribution in [-0.4, -0.2) is 110 Å². The molecule has 25 heteroatoms. The van der Waals surface area contributed by atoms with E-state index in [0.717, 1.165) is 45.9 Å². The second-order valence-corrected chi connectivity index (χ2v) is 20.9. The summed E-state index contributed by atoms with van der Waals surface area (Å²) in [6, 6.07) is 18.0. The van der Waals surface area contributed by atoms with Crippen LogP contribution in [0.25, 0.3) is 0 Å². The summed E-state index contributed by atoms with van der Waals surface area (Å²) in [5.74, 6) is -4.44. The fraction of sp³-hybridized carbons (Fsp3) is 0.286. The molecule has 0 aliphatic carbocycles. The Morgan fingerprint density at radius 2 is 1.04 bits per heavy atom. The molecule has 2 aliphatic heterocycles. The number of carbonyl (C=O) groups is 12. The molecule has 0 saturated carbocycles. The number of anilines is 3.